The fourth-order valence-corrected chi connectivity index (χ4v) is 2.14. The van der Waals surface area contributed by atoms with E-state index in [4.69, 9.17) is 0 Å². The minimum atomic E-state index is -0.701. The highest BCUT2D eigenvalue weighted by Crippen LogP contribution is 2.32. The van der Waals surface area contributed by atoms with Crippen LogP contribution in [0.25, 0.3) is 0 Å². The number of aromatic hydroxyl groups is 1. The van der Waals surface area contributed by atoms with Crippen molar-refractivity contribution < 1.29 is 10.2 Å². The van der Waals surface area contributed by atoms with E-state index >= 15 is 0 Å². The highest BCUT2D eigenvalue weighted by molar-refractivity contribution is 7.99. The van der Waals surface area contributed by atoms with E-state index in [-0.39, 0.29) is 11.7 Å². The smallest absolute Gasteiger partial charge is 0.129 e. The molecule has 0 aromatic heterocycles. The van der Waals surface area contributed by atoms with Crippen LogP contribution in [0.2, 0.25) is 0 Å². The lowest BCUT2D eigenvalue weighted by Crippen LogP contribution is -2.33. The Bertz CT molecular complexity index is 321. The van der Waals surface area contributed by atoms with Crippen LogP contribution in [0.3, 0.4) is 0 Å². The molecule has 15 heavy (non-hydrogen) atoms. The molecular formula is C12H18O2S. The van der Waals surface area contributed by atoms with E-state index in [9.17, 15) is 10.2 Å². The summed E-state index contributed by atoms with van der Waals surface area (Å²) in [6, 6.07) is 7.19. The lowest BCUT2D eigenvalue weighted by atomic mass is 9.95. The summed E-state index contributed by atoms with van der Waals surface area (Å²) in [6.45, 7) is 5.81. The number of aliphatic hydroxyl groups is 1. The molecule has 1 unspecified atom stereocenters. The topological polar surface area (TPSA) is 40.5 Å². The Labute approximate surface area is 95.3 Å². The van der Waals surface area contributed by atoms with Crippen LogP contribution >= 0.6 is 11.8 Å². The van der Waals surface area contributed by atoms with Gasteiger partial charge in [-0.2, -0.15) is 0 Å². The summed E-state index contributed by atoms with van der Waals surface area (Å²) in [6.07, 6.45) is 0. The van der Waals surface area contributed by atoms with Gasteiger partial charge in [-0.25, -0.2) is 0 Å². The molecule has 0 aliphatic heterocycles. The van der Waals surface area contributed by atoms with Gasteiger partial charge in [0.2, 0.25) is 0 Å². The number of thioether (sulfide) groups is 1. The molecule has 0 spiro atoms. The number of benzene rings is 1. The standard InChI is InChI=1S/C12H18O2S/c1-9(2)12(3,14)8-15-11-7-5-4-6-10(11)13/h4-7,9,13-14H,8H2,1-3H3. The number of para-hydroxylation sites is 1. The maximum atomic E-state index is 10.0. The SMILES string of the molecule is CC(C)C(C)(O)CSc1ccccc1O. The number of hydrogen-bond acceptors (Lipinski definition) is 3. The maximum Gasteiger partial charge on any atom is 0.129 e. The van der Waals surface area contributed by atoms with Crippen molar-refractivity contribution in [2.24, 2.45) is 5.92 Å². The van der Waals surface area contributed by atoms with Crippen molar-refractivity contribution in [3.8, 4) is 5.75 Å². The Morgan fingerprint density at radius 1 is 1.33 bits per heavy atom. The van der Waals surface area contributed by atoms with Crippen LogP contribution < -0.4 is 0 Å². The molecule has 0 radical (unpaired) electrons. The van der Waals surface area contributed by atoms with Crippen molar-refractivity contribution in [1.29, 1.82) is 0 Å². The van der Waals surface area contributed by atoms with Crippen LogP contribution in [-0.4, -0.2) is 21.6 Å². The number of phenols is 1. The molecule has 1 aromatic carbocycles. The van der Waals surface area contributed by atoms with Gasteiger partial charge < -0.3 is 10.2 Å². The van der Waals surface area contributed by atoms with Crippen LogP contribution in [0.4, 0.5) is 0 Å². The molecule has 2 N–H and O–H groups in total. The molecular weight excluding hydrogens is 208 g/mol. The molecule has 0 saturated heterocycles. The highest BCUT2D eigenvalue weighted by atomic mass is 32.2. The second kappa shape index (κ2) is 4.90. The minimum absolute atomic E-state index is 0.204. The van der Waals surface area contributed by atoms with Crippen molar-refractivity contribution in [1.82, 2.24) is 0 Å². The lowest BCUT2D eigenvalue weighted by Gasteiger charge is -2.27. The zero-order chi connectivity index (χ0) is 11.5. The van der Waals surface area contributed by atoms with Crippen LogP contribution in [-0.2, 0) is 0 Å². The second-order valence-corrected chi connectivity index (χ2v) is 5.29. The molecule has 1 atom stereocenters. The molecule has 84 valence electrons. The molecule has 0 aliphatic rings. The normalized spacial score (nSPS) is 15.3. The number of rotatable bonds is 4. The monoisotopic (exact) mass is 226 g/mol. The van der Waals surface area contributed by atoms with Crippen LogP contribution in [0.5, 0.6) is 5.75 Å². The second-order valence-electron chi connectivity index (χ2n) is 4.27. The van der Waals surface area contributed by atoms with E-state index in [0.717, 1.165) is 4.90 Å². The Hall–Kier alpha value is -0.670. The predicted molar refractivity (Wildman–Crippen MR) is 64.3 cm³/mol. The van der Waals surface area contributed by atoms with Crippen molar-refractivity contribution in [2.75, 3.05) is 5.75 Å². The molecule has 0 saturated carbocycles. The summed E-state index contributed by atoms with van der Waals surface area (Å²) >= 11 is 1.48. The zero-order valence-electron chi connectivity index (χ0n) is 9.40. The van der Waals surface area contributed by atoms with Gasteiger partial charge in [0.1, 0.15) is 5.75 Å². The lowest BCUT2D eigenvalue weighted by molar-refractivity contribution is 0.0376. The first-order chi connectivity index (χ1) is 6.93. The predicted octanol–water partition coefficient (Wildman–Crippen LogP) is 2.89. The summed E-state index contributed by atoms with van der Waals surface area (Å²) in [4.78, 5) is 0.818. The molecule has 0 amide bonds. The third kappa shape index (κ3) is 3.43. The minimum Gasteiger partial charge on any atom is -0.507 e. The summed E-state index contributed by atoms with van der Waals surface area (Å²) in [7, 11) is 0. The van der Waals surface area contributed by atoms with Crippen molar-refractivity contribution in [3.05, 3.63) is 24.3 Å². The Morgan fingerprint density at radius 3 is 2.47 bits per heavy atom. The van der Waals surface area contributed by atoms with Crippen molar-refractivity contribution >= 4 is 11.8 Å². The fraction of sp³-hybridized carbons (Fsp3) is 0.500. The van der Waals surface area contributed by atoms with E-state index in [1.54, 1.807) is 12.1 Å². The van der Waals surface area contributed by atoms with Gasteiger partial charge >= 0.3 is 0 Å². The van der Waals surface area contributed by atoms with E-state index in [1.807, 2.05) is 32.9 Å². The summed E-state index contributed by atoms with van der Waals surface area (Å²) in [5.41, 5.74) is -0.701. The summed E-state index contributed by atoms with van der Waals surface area (Å²) in [5.74, 6) is 1.07. The average Bonchev–Trinajstić information content (AvgIpc) is 2.16. The zero-order valence-corrected chi connectivity index (χ0v) is 10.2. The molecule has 0 aliphatic carbocycles. The highest BCUT2D eigenvalue weighted by Gasteiger charge is 2.25. The molecule has 2 nitrogen and oxygen atoms in total. The van der Waals surface area contributed by atoms with Gasteiger partial charge in [0.25, 0.3) is 0 Å². The summed E-state index contributed by atoms with van der Waals surface area (Å²) < 4.78 is 0. The quantitative estimate of drug-likeness (QED) is 0.776. The van der Waals surface area contributed by atoms with E-state index < -0.39 is 5.60 Å². The van der Waals surface area contributed by atoms with Gasteiger partial charge in [0, 0.05) is 10.6 Å². The molecule has 1 rings (SSSR count). The molecule has 0 heterocycles. The van der Waals surface area contributed by atoms with Gasteiger partial charge in [0.15, 0.2) is 0 Å². The van der Waals surface area contributed by atoms with Gasteiger partial charge in [-0.15, -0.1) is 11.8 Å². The van der Waals surface area contributed by atoms with Crippen LogP contribution in [0, 0.1) is 5.92 Å². The molecule has 0 bridgehead atoms. The van der Waals surface area contributed by atoms with E-state index in [0.29, 0.717) is 5.75 Å². The molecule has 3 heteroatoms. The third-order valence-electron chi connectivity index (χ3n) is 2.63. The first-order valence-electron chi connectivity index (χ1n) is 5.06. The Kier molecular flexibility index (Phi) is 4.05. The summed E-state index contributed by atoms with van der Waals surface area (Å²) in [5, 5.41) is 19.6. The number of hydrogen-bond donors (Lipinski definition) is 2. The largest absolute Gasteiger partial charge is 0.507 e. The van der Waals surface area contributed by atoms with Gasteiger partial charge in [-0.05, 0) is 25.0 Å². The Morgan fingerprint density at radius 2 is 1.93 bits per heavy atom. The van der Waals surface area contributed by atoms with Crippen LogP contribution in [0.15, 0.2) is 29.2 Å². The van der Waals surface area contributed by atoms with Gasteiger partial charge in [0.05, 0.1) is 5.60 Å². The van der Waals surface area contributed by atoms with Crippen molar-refractivity contribution in [3.63, 3.8) is 0 Å². The van der Waals surface area contributed by atoms with Crippen molar-refractivity contribution in [2.45, 2.75) is 31.3 Å². The van der Waals surface area contributed by atoms with E-state index in [1.165, 1.54) is 11.8 Å². The molecule has 1 aromatic rings. The molecule has 0 fully saturated rings. The number of phenolic OH excluding ortho intramolecular Hbond substituents is 1. The van der Waals surface area contributed by atoms with Gasteiger partial charge in [-0.3, -0.25) is 0 Å². The average molecular weight is 226 g/mol. The first-order valence-corrected chi connectivity index (χ1v) is 6.05. The third-order valence-corrected chi connectivity index (χ3v) is 4.01. The fourth-order valence-electron chi connectivity index (χ4n) is 0.970. The maximum absolute atomic E-state index is 10.0. The van der Waals surface area contributed by atoms with E-state index in [2.05, 4.69) is 0 Å². The first kappa shape index (κ1) is 12.4. The Balaban J connectivity index is 2.62. The van der Waals surface area contributed by atoms with Gasteiger partial charge in [-0.1, -0.05) is 26.0 Å². The van der Waals surface area contributed by atoms with Crippen LogP contribution in [0.1, 0.15) is 20.8 Å².